The van der Waals surface area contributed by atoms with Gasteiger partial charge in [0.1, 0.15) is 0 Å². The third-order valence-electron chi connectivity index (χ3n) is 3.66. The van der Waals surface area contributed by atoms with Crippen LogP contribution in [0.3, 0.4) is 0 Å². The minimum Gasteiger partial charge on any atom is -0.389 e. The number of nitrogens with zero attached hydrogens (tertiary/aromatic N) is 1. The summed E-state index contributed by atoms with van der Waals surface area (Å²) in [4.78, 5) is 2.35. The van der Waals surface area contributed by atoms with E-state index in [0.717, 1.165) is 35.3 Å². The quantitative estimate of drug-likeness (QED) is 0.889. The summed E-state index contributed by atoms with van der Waals surface area (Å²) in [6.45, 7) is 6.19. The summed E-state index contributed by atoms with van der Waals surface area (Å²) in [7, 11) is 0. The molecule has 0 saturated carbocycles. The number of rotatable bonds is 3. The van der Waals surface area contributed by atoms with Gasteiger partial charge in [0.15, 0.2) is 0 Å². The Bertz CT molecular complexity index is 392. The Labute approximate surface area is 108 Å². The highest BCUT2D eigenvalue weighted by molar-refractivity contribution is 6.33. The second-order valence-corrected chi connectivity index (χ2v) is 5.30. The summed E-state index contributed by atoms with van der Waals surface area (Å²) in [5.41, 5.74) is 1.98. The van der Waals surface area contributed by atoms with Gasteiger partial charge < -0.3 is 10.0 Å². The predicted molar refractivity (Wildman–Crippen MR) is 72.7 cm³/mol. The van der Waals surface area contributed by atoms with E-state index in [-0.39, 0.29) is 0 Å². The smallest absolute Gasteiger partial charge is 0.0762 e. The van der Waals surface area contributed by atoms with E-state index in [2.05, 4.69) is 11.8 Å². The molecule has 1 aliphatic rings. The largest absolute Gasteiger partial charge is 0.389 e. The van der Waals surface area contributed by atoms with Gasteiger partial charge in [-0.05, 0) is 37.0 Å². The lowest BCUT2D eigenvalue weighted by atomic mass is 10.1. The van der Waals surface area contributed by atoms with Crippen molar-refractivity contribution in [3.8, 4) is 0 Å². The summed E-state index contributed by atoms with van der Waals surface area (Å²) in [5, 5.41) is 10.3. The van der Waals surface area contributed by atoms with Gasteiger partial charge in [0, 0.05) is 13.1 Å². The summed E-state index contributed by atoms with van der Waals surface area (Å²) in [6, 6.07) is 5.87. The number of halogens is 1. The minimum absolute atomic E-state index is 0.455. The maximum Gasteiger partial charge on any atom is 0.0762 e. The summed E-state index contributed by atoms with van der Waals surface area (Å²) in [6.07, 6.45) is 2.04. The van der Waals surface area contributed by atoms with Gasteiger partial charge in [0.2, 0.25) is 0 Å². The lowest BCUT2D eigenvalue weighted by molar-refractivity contribution is 0.199. The predicted octanol–water partition coefficient (Wildman–Crippen LogP) is 3.63. The van der Waals surface area contributed by atoms with Gasteiger partial charge in [-0.15, -0.1) is 0 Å². The molecule has 94 valence electrons. The Morgan fingerprint density at radius 2 is 2.29 bits per heavy atom. The van der Waals surface area contributed by atoms with E-state index in [1.165, 1.54) is 12.8 Å². The maximum atomic E-state index is 9.51. The highest BCUT2D eigenvalue weighted by Crippen LogP contribution is 2.33. The summed E-state index contributed by atoms with van der Waals surface area (Å²) in [5.74, 6) is 0.794. The van der Waals surface area contributed by atoms with Crippen LogP contribution in [0.15, 0.2) is 18.2 Å². The fourth-order valence-electron chi connectivity index (χ4n) is 2.42. The molecule has 0 bridgehead atoms. The Kier molecular flexibility index (Phi) is 3.95. The van der Waals surface area contributed by atoms with E-state index in [1.807, 2.05) is 18.2 Å². The molecule has 1 heterocycles. The van der Waals surface area contributed by atoms with Crippen LogP contribution in [0.4, 0.5) is 5.69 Å². The van der Waals surface area contributed by atoms with Crippen LogP contribution < -0.4 is 4.90 Å². The summed E-state index contributed by atoms with van der Waals surface area (Å²) >= 11 is 6.29. The third-order valence-corrected chi connectivity index (χ3v) is 3.96. The van der Waals surface area contributed by atoms with Crippen molar-refractivity contribution in [2.75, 3.05) is 18.0 Å². The SMILES string of the molecule is CCC1CCN(c2ccc([C@@H](C)O)cc2Cl)C1. The second-order valence-electron chi connectivity index (χ2n) is 4.90. The number of benzene rings is 1. The molecule has 2 atom stereocenters. The molecule has 17 heavy (non-hydrogen) atoms. The Morgan fingerprint density at radius 1 is 1.53 bits per heavy atom. The van der Waals surface area contributed by atoms with Crippen LogP contribution in [-0.2, 0) is 0 Å². The van der Waals surface area contributed by atoms with Crippen LogP contribution in [0.2, 0.25) is 5.02 Å². The minimum atomic E-state index is -0.455. The Balaban J connectivity index is 2.17. The lowest BCUT2D eigenvalue weighted by Crippen LogP contribution is -2.19. The van der Waals surface area contributed by atoms with Crippen LogP contribution in [0, 0.1) is 5.92 Å². The van der Waals surface area contributed by atoms with Crippen molar-refractivity contribution in [2.45, 2.75) is 32.8 Å². The zero-order valence-electron chi connectivity index (χ0n) is 10.5. The average Bonchev–Trinajstić information content (AvgIpc) is 2.77. The fourth-order valence-corrected chi connectivity index (χ4v) is 2.73. The van der Waals surface area contributed by atoms with Gasteiger partial charge in [-0.3, -0.25) is 0 Å². The fraction of sp³-hybridized carbons (Fsp3) is 0.571. The number of aliphatic hydroxyl groups excluding tert-OH is 1. The second kappa shape index (κ2) is 5.28. The molecule has 1 aromatic rings. The van der Waals surface area contributed by atoms with Gasteiger partial charge in [-0.2, -0.15) is 0 Å². The molecule has 0 aliphatic carbocycles. The molecule has 2 nitrogen and oxygen atoms in total. The van der Waals surface area contributed by atoms with E-state index in [9.17, 15) is 5.11 Å². The number of aliphatic hydroxyl groups is 1. The van der Waals surface area contributed by atoms with Crippen molar-refractivity contribution < 1.29 is 5.11 Å². The molecule has 1 fully saturated rings. The molecule has 0 spiro atoms. The molecule has 1 unspecified atom stereocenters. The van der Waals surface area contributed by atoms with Crippen molar-refractivity contribution in [3.05, 3.63) is 28.8 Å². The van der Waals surface area contributed by atoms with Crippen LogP contribution in [0.1, 0.15) is 38.4 Å². The first kappa shape index (κ1) is 12.7. The maximum absolute atomic E-state index is 9.51. The van der Waals surface area contributed by atoms with Crippen LogP contribution in [0.25, 0.3) is 0 Å². The van der Waals surface area contributed by atoms with E-state index >= 15 is 0 Å². The third kappa shape index (κ3) is 2.75. The van der Waals surface area contributed by atoms with Crippen molar-refractivity contribution >= 4 is 17.3 Å². The van der Waals surface area contributed by atoms with E-state index < -0.39 is 6.10 Å². The molecular weight excluding hydrogens is 234 g/mol. The van der Waals surface area contributed by atoms with Gasteiger partial charge >= 0.3 is 0 Å². The zero-order chi connectivity index (χ0) is 12.4. The molecule has 3 heteroatoms. The van der Waals surface area contributed by atoms with Crippen molar-refractivity contribution in [3.63, 3.8) is 0 Å². The highest BCUT2D eigenvalue weighted by Gasteiger charge is 2.22. The molecule has 1 N–H and O–H groups in total. The van der Waals surface area contributed by atoms with Gasteiger partial charge in [0.05, 0.1) is 16.8 Å². The molecule has 1 aromatic carbocycles. The Morgan fingerprint density at radius 3 is 2.82 bits per heavy atom. The van der Waals surface area contributed by atoms with E-state index in [0.29, 0.717) is 0 Å². The standard InChI is InChI=1S/C14H20ClNO/c1-3-11-6-7-16(9-11)14-5-4-12(10(2)17)8-13(14)15/h4-5,8,10-11,17H,3,6-7,9H2,1-2H3/t10-,11?/m1/s1. The average molecular weight is 254 g/mol. The topological polar surface area (TPSA) is 23.5 Å². The van der Waals surface area contributed by atoms with Crippen molar-refractivity contribution in [1.82, 2.24) is 0 Å². The normalized spacial score (nSPS) is 21.9. The lowest BCUT2D eigenvalue weighted by Gasteiger charge is -2.21. The molecule has 1 saturated heterocycles. The first-order chi connectivity index (χ1) is 8.11. The van der Waals surface area contributed by atoms with Crippen LogP contribution >= 0.6 is 11.6 Å². The molecule has 2 rings (SSSR count). The number of hydrogen-bond acceptors (Lipinski definition) is 2. The highest BCUT2D eigenvalue weighted by atomic mass is 35.5. The van der Waals surface area contributed by atoms with Gasteiger partial charge in [0.25, 0.3) is 0 Å². The zero-order valence-corrected chi connectivity index (χ0v) is 11.2. The monoisotopic (exact) mass is 253 g/mol. The molecule has 0 radical (unpaired) electrons. The van der Waals surface area contributed by atoms with Crippen LogP contribution in [-0.4, -0.2) is 18.2 Å². The number of anilines is 1. The van der Waals surface area contributed by atoms with E-state index in [4.69, 9.17) is 11.6 Å². The van der Waals surface area contributed by atoms with E-state index in [1.54, 1.807) is 6.92 Å². The summed E-state index contributed by atoms with van der Waals surface area (Å²) < 4.78 is 0. The van der Waals surface area contributed by atoms with Gasteiger partial charge in [-0.1, -0.05) is 31.0 Å². The molecular formula is C14H20ClNO. The molecule has 0 aromatic heterocycles. The van der Waals surface area contributed by atoms with Crippen LogP contribution in [0.5, 0.6) is 0 Å². The van der Waals surface area contributed by atoms with Gasteiger partial charge in [-0.25, -0.2) is 0 Å². The number of hydrogen-bond donors (Lipinski definition) is 1. The van der Waals surface area contributed by atoms with Crippen molar-refractivity contribution in [2.24, 2.45) is 5.92 Å². The Hall–Kier alpha value is -0.730. The first-order valence-corrected chi connectivity index (χ1v) is 6.72. The van der Waals surface area contributed by atoms with Crippen molar-refractivity contribution in [1.29, 1.82) is 0 Å². The molecule has 1 aliphatic heterocycles. The first-order valence-electron chi connectivity index (χ1n) is 6.34. The molecule has 0 amide bonds.